The molecule has 2 amide bonds. The Hall–Kier alpha value is -1.14. The number of amides is 2. The fourth-order valence-corrected chi connectivity index (χ4v) is 3.12. The molecule has 0 saturated carbocycles. The number of rotatable bonds is 7. The molecule has 6 nitrogen and oxygen atoms in total. The van der Waals surface area contributed by atoms with E-state index >= 15 is 0 Å². The molecule has 0 aromatic carbocycles. The third-order valence-corrected chi connectivity index (χ3v) is 4.32. The van der Waals surface area contributed by atoms with E-state index in [1.165, 1.54) is 0 Å². The van der Waals surface area contributed by atoms with Gasteiger partial charge in [0.05, 0.1) is 0 Å². The van der Waals surface area contributed by atoms with Gasteiger partial charge in [-0.25, -0.2) is 0 Å². The lowest BCUT2D eigenvalue weighted by Crippen LogP contribution is -2.55. The van der Waals surface area contributed by atoms with Crippen molar-refractivity contribution in [2.24, 2.45) is 0 Å². The molecule has 2 fully saturated rings. The van der Waals surface area contributed by atoms with Crippen molar-refractivity contribution in [2.45, 2.75) is 57.6 Å². The molecule has 2 N–H and O–H groups in total. The fraction of sp³-hybridized carbons (Fsp3) is 0.875. The average molecular weight is 311 g/mol. The average Bonchev–Trinajstić information content (AvgIpc) is 3.08. The summed E-state index contributed by atoms with van der Waals surface area (Å²) in [5.41, 5.74) is 0. The molecular weight excluding hydrogens is 282 g/mol. The van der Waals surface area contributed by atoms with Crippen LogP contribution in [0.5, 0.6) is 0 Å². The minimum absolute atomic E-state index is 0.00135. The zero-order chi connectivity index (χ0) is 15.8. The largest absolute Gasteiger partial charge is 0.368 e. The van der Waals surface area contributed by atoms with Gasteiger partial charge in [0.25, 0.3) is 5.91 Å². The van der Waals surface area contributed by atoms with Crippen LogP contribution in [0.15, 0.2) is 0 Å². The van der Waals surface area contributed by atoms with Crippen LogP contribution in [0.25, 0.3) is 0 Å². The van der Waals surface area contributed by atoms with Crippen molar-refractivity contribution in [3.05, 3.63) is 0 Å². The number of hydrogen-bond donors (Lipinski definition) is 2. The van der Waals surface area contributed by atoms with Gasteiger partial charge in [-0.3, -0.25) is 9.59 Å². The van der Waals surface area contributed by atoms with E-state index in [4.69, 9.17) is 4.74 Å². The van der Waals surface area contributed by atoms with Crippen LogP contribution in [0.3, 0.4) is 0 Å². The molecule has 0 aromatic rings. The molecule has 2 unspecified atom stereocenters. The van der Waals surface area contributed by atoms with Crippen LogP contribution >= 0.6 is 0 Å². The number of nitrogens with one attached hydrogen (secondary N) is 2. The standard InChI is InChI=1S/C16H29N3O3/c1-2-8-17-9-10-18-15(20)13-6-3-4-11-19(13)16(21)14-7-5-12-22-14/h13-14,17H,2-12H2,1H3,(H,18,20). The maximum atomic E-state index is 12.5. The molecule has 0 aliphatic carbocycles. The predicted octanol–water partition coefficient (Wildman–Crippen LogP) is 0.662. The van der Waals surface area contributed by atoms with Crippen LogP contribution in [0, 0.1) is 0 Å². The van der Waals surface area contributed by atoms with Crippen molar-refractivity contribution in [1.82, 2.24) is 15.5 Å². The third-order valence-electron chi connectivity index (χ3n) is 4.32. The molecule has 0 bridgehead atoms. The van der Waals surface area contributed by atoms with E-state index in [1.54, 1.807) is 4.90 Å². The Morgan fingerprint density at radius 3 is 2.73 bits per heavy atom. The van der Waals surface area contributed by atoms with E-state index in [-0.39, 0.29) is 24.0 Å². The van der Waals surface area contributed by atoms with Crippen molar-refractivity contribution in [3.63, 3.8) is 0 Å². The van der Waals surface area contributed by atoms with Gasteiger partial charge < -0.3 is 20.3 Å². The van der Waals surface area contributed by atoms with Gasteiger partial charge >= 0.3 is 0 Å². The summed E-state index contributed by atoms with van der Waals surface area (Å²) in [4.78, 5) is 26.7. The second kappa shape index (κ2) is 9.10. The summed E-state index contributed by atoms with van der Waals surface area (Å²) in [5, 5.41) is 6.21. The van der Waals surface area contributed by atoms with Gasteiger partial charge in [0.1, 0.15) is 12.1 Å². The molecule has 6 heteroatoms. The van der Waals surface area contributed by atoms with E-state index in [2.05, 4.69) is 17.6 Å². The highest BCUT2D eigenvalue weighted by atomic mass is 16.5. The Labute approximate surface area is 132 Å². The first-order chi connectivity index (χ1) is 10.7. The quantitative estimate of drug-likeness (QED) is 0.678. The number of piperidine rings is 1. The van der Waals surface area contributed by atoms with Crippen LogP contribution in [-0.4, -0.2) is 61.6 Å². The van der Waals surface area contributed by atoms with E-state index in [9.17, 15) is 9.59 Å². The highest BCUT2D eigenvalue weighted by Gasteiger charge is 2.36. The van der Waals surface area contributed by atoms with Crippen LogP contribution in [0.1, 0.15) is 45.4 Å². The minimum atomic E-state index is -0.334. The van der Waals surface area contributed by atoms with Crippen molar-refractivity contribution in [3.8, 4) is 0 Å². The summed E-state index contributed by atoms with van der Waals surface area (Å²) >= 11 is 0. The summed E-state index contributed by atoms with van der Waals surface area (Å²) in [6.45, 7) is 5.78. The zero-order valence-corrected chi connectivity index (χ0v) is 13.6. The Kier molecular flexibility index (Phi) is 7.12. The predicted molar refractivity (Wildman–Crippen MR) is 84.5 cm³/mol. The van der Waals surface area contributed by atoms with E-state index in [0.717, 1.165) is 51.6 Å². The Bertz CT molecular complexity index is 370. The number of hydrogen-bond acceptors (Lipinski definition) is 4. The number of nitrogens with zero attached hydrogens (tertiary/aromatic N) is 1. The summed E-state index contributed by atoms with van der Waals surface area (Å²) in [6, 6.07) is -0.323. The van der Waals surface area contributed by atoms with Crippen LogP contribution in [0.4, 0.5) is 0 Å². The van der Waals surface area contributed by atoms with Gasteiger partial charge in [-0.1, -0.05) is 6.92 Å². The summed E-state index contributed by atoms with van der Waals surface area (Å²) in [7, 11) is 0. The number of ether oxygens (including phenoxy) is 1. The fourth-order valence-electron chi connectivity index (χ4n) is 3.12. The number of carbonyl (C=O) groups is 2. The molecule has 2 heterocycles. The molecule has 2 saturated heterocycles. The zero-order valence-electron chi connectivity index (χ0n) is 13.6. The Morgan fingerprint density at radius 1 is 1.14 bits per heavy atom. The maximum Gasteiger partial charge on any atom is 0.252 e. The molecule has 0 spiro atoms. The SMILES string of the molecule is CCCNCCNC(=O)C1CCCCN1C(=O)C1CCCO1. The molecule has 0 radical (unpaired) electrons. The van der Waals surface area contributed by atoms with Crippen molar-refractivity contribution in [1.29, 1.82) is 0 Å². The maximum absolute atomic E-state index is 12.5. The van der Waals surface area contributed by atoms with Gasteiger partial charge in [0, 0.05) is 26.2 Å². The van der Waals surface area contributed by atoms with Crippen molar-refractivity contribution >= 4 is 11.8 Å². The second-order valence-corrected chi connectivity index (χ2v) is 6.09. The molecule has 2 atom stereocenters. The molecule has 22 heavy (non-hydrogen) atoms. The van der Waals surface area contributed by atoms with Crippen LogP contribution in [0.2, 0.25) is 0 Å². The highest BCUT2D eigenvalue weighted by Crippen LogP contribution is 2.22. The topological polar surface area (TPSA) is 70.7 Å². The first kappa shape index (κ1) is 17.2. The van der Waals surface area contributed by atoms with Gasteiger partial charge in [-0.05, 0) is 45.1 Å². The van der Waals surface area contributed by atoms with Gasteiger partial charge in [-0.2, -0.15) is 0 Å². The third kappa shape index (κ3) is 4.68. The normalized spacial score (nSPS) is 25.2. The van der Waals surface area contributed by atoms with Crippen molar-refractivity contribution < 1.29 is 14.3 Å². The Morgan fingerprint density at radius 2 is 2.00 bits per heavy atom. The molecular formula is C16H29N3O3. The van der Waals surface area contributed by atoms with Gasteiger partial charge in [0.2, 0.25) is 5.91 Å². The lowest BCUT2D eigenvalue weighted by molar-refractivity contribution is -0.149. The molecule has 2 rings (SSSR count). The van der Waals surface area contributed by atoms with Gasteiger partial charge in [-0.15, -0.1) is 0 Å². The summed E-state index contributed by atoms with van der Waals surface area (Å²) in [5.74, 6) is -0.0224. The molecule has 2 aliphatic rings. The lowest BCUT2D eigenvalue weighted by atomic mass is 10.00. The first-order valence-corrected chi connectivity index (χ1v) is 8.64. The minimum Gasteiger partial charge on any atom is -0.368 e. The monoisotopic (exact) mass is 311 g/mol. The molecule has 126 valence electrons. The summed E-state index contributed by atoms with van der Waals surface area (Å²) in [6.07, 6.45) is 5.20. The van der Waals surface area contributed by atoms with Crippen molar-refractivity contribution in [2.75, 3.05) is 32.8 Å². The van der Waals surface area contributed by atoms with Crippen LogP contribution < -0.4 is 10.6 Å². The highest BCUT2D eigenvalue weighted by molar-refractivity contribution is 5.89. The van der Waals surface area contributed by atoms with Gasteiger partial charge in [0.15, 0.2) is 0 Å². The number of likely N-dealkylation sites (tertiary alicyclic amines) is 1. The van der Waals surface area contributed by atoms with Crippen LogP contribution in [-0.2, 0) is 14.3 Å². The smallest absolute Gasteiger partial charge is 0.252 e. The molecule has 0 aromatic heterocycles. The van der Waals surface area contributed by atoms with E-state index < -0.39 is 0 Å². The first-order valence-electron chi connectivity index (χ1n) is 8.64. The Balaban J connectivity index is 1.82. The second-order valence-electron chi connectivity index (χ2n) is 6.09. The molecule has 2 aliphatic heterocycles. The van der Waals surface area contributed by atoms with E-state index in [1.807, 2.05) is 0 Å². The lowest BCUT2D eigenvalue weighted by Gasteiger charge is -2.36. The van der Waals surface area contributed by atoms with E-state index in [0.29, 0.717) is 19.7 Å². The summed E-state index contributed by atoms with van der Waals surface area (Å²) < 4.78 is 5.49. The number of carbonyl (C=O) groups excluding carboxylic acids is 2.